The molecule has 2 aromatic rings. The molecule has 0 aliphatic carbocycles. The lowest BCUT2D eigenvalue weighted by Crippen LogP contribution is -2.33. The van der Waals surface area contributed by atoms with E-state index in [0.29, 0.717) is 24.3 Å². The van der Waals surface area contributed by atoms with Gasteiger partial charge in [0.15, 0.2) is 0 Å². The molecule has 1 aliphatic heterocycles. The number of allylic oxidation sites excluding steroid dienone is 8. The van der Waals surface area contributed by atoms with Gasteiger partial charge in [-0.2, -0.15) is 0 Å². The molecule has 0 saturated carbocycles. The van der Waals surface area contributed by atoms with Gasteiger partial charge in [0.05, 0.1) is 5.56 Å². The van der Waals surface area contributed by atoms with Crippen LogP contribution in [0.5, 0.6) is 5.75 Å². The predicted molar refractivity (Wildman–Crippen MR) is 144 cm³/mol. The molecule has 0 atom stereocenters. The van der Waals surface area contributed by atoms with Gasteiger partial charge in [-0.25, -0.2) is 0 Å². The molecule has 34 heavy (non-hydrogen) atoms. The predicted octanol–water partition coefficient (Wildman–Crippen LogP) is 6.45. The maximum Gasteiger partial charge on any atom is 0.253 e. The second-order valence-corrected chi connectivity index (χ2v) is 8.48. The Hall–Kier alpha value is -3.37. The van der Waals surface area contributed by atoms with Crippen LogP contribution in [0.2, 0.25) is 0 Å². The number of carbonyl (C=O) groups is 1. The summed E-state index contributed by atoms with van der Waals surface area (Å²) in [4.78, 5) is 15.2. The van der Waals surface area contributed by atoms with E-state index >= 15 is 0 Å². The number of ether oxygens (including phenoxy) is 1. The fourth-order valence-corrected chi connectivity index (χ4v) is 4.38. The first kappa shape index (κ1) is 25.3. The van der Waals surface area contributed by atoms with Crippen molar-refractivity contribution in [3.8, 4) is 5.75 Å². The summed E-state index contributed by atoms with van der Waals surface area (Å²) in [5.41, 5.74) is 8.16. The summed E-state index contributed by atoms with van der Waals surface area (Å²) in [7, 11) is 0. The molecule has 1 fully saturated rings. The van der Waals surface area contributed by atoms with Crippen molar-refractivity contribution in [2.24, 2.45) is 5.73 Å². The van der Waals surface area contributed by atoms with Crippen LogP contribution in [0.25, 0.3) is 16.3 Å². The molecule has 178 valence electrons. The highest BCUT2D eigenvalue weighted by atomic mass is 16.5. The smallest absolute Gasteiger partial charge is 0.253 e. The highest BCUT2D eigenvalue weighted by Gasteiger charge is 2.21. The van der Waals surface area contributed by atoms with Crippen LogP contribution in [-0.4, -0.2) is 37.0 Å². The maximum atomic E-state index is 12.7. The fourth-order valence-electron chi connectivity index (χ4n) is 4.38. The molecule has 1 heterocycles. The van der Waals surface area contributed by atoms with E-state index in [0.717, 1.165) is 48.0 Å². The molecule has 2 aromatic carbocycles. The third-order valence-electron chi connectivity index (χ3n) is 6.02. The van der Waals surface area contributed by atoms with Crippen molar-refractivity contribution >= 4 is 22.3 Å². The molecule has 0 radical (unpaired) electrons. The summed E-state index contributed by atoms with van der Waals surface area (Å²) in [5.74, 6) is 0.0570. The van der Waals surface area contributed by atoms with Crippen molar-refractivity contribution < 1.29 is 9.53 Å². The summed E-state index contributed by atoms with van der Waals surface area (Å²) in [6.07, 6.45) is 18.9. The van der Waals surface area contributed by atoms with Gasteiger partial charge in [-0.1, -0.05) is 73.2 Å². The Morgan fingerprint density at radius 1 is 1.03 bits per heavy atom. The van der Waals surface area contributed by atoms with Crippen LogP contribution in [-0.2, 0) is 0 Å². The van der Waals surface area contributed by atoms with Gasteiger partial charge in [0.1, 0.15) is 12.4 Å². The second kappa shape index (κ2) is 13.4. The molecule has 0 bridgehead atoms. The molecule has 0 aromatic heterocycles. The van der Waals surface area contributed by atoms with Gasteiger partial charge in [-0.05, 0) is 61.2 Å². The monoisotopic (exact) mass is 456 g/mol. The minimum atomic E-state index is -0.487. The Bertz CT molecular complexity index is 1090. The van der Waals surface area contributed by atoms with Crippen LogP contribution >= 0.6 is 0 Å². The largest absolute Gasteiger partial charge is 0.491 e. The van der Waals surface area contributed by atoms with E-state index in [1.807, 2.05) is 72.9 Å². The molecular formula is C30H36N2O2. The molecule has 0 spiro atoms. The molecule has 1 amide bonds. The molecular weight excluding hydrogens is 420 g/mol. The number of rotatable bonds is 12. The summed E-state index contributed by atoms with van der Waals surface area (Å²) >= 11 is 0. The molecule has 1 aliphatic rings. The number of fused-ring (bicyclic) bond motifs is 1. The van der Waals surface area contributed by atoms with E-state index in [4.69, 9.17) is 10.5 Å². The number of nitrogens with zero attached hydrogens (tertiary/aromatic N) is 1. The van der Waals surface area contributed by atoms with Gasteiger partial charge >= 0.3 is 0 Å². The Balaban J connectivity index is 2.01. The van der Waals surface area contributed by atoms with Crippen LogP contribution in [0.15, 0.2) is 86.0 Å². The van der Waals surface area contributed by atoms with E-state index in [1.165, 1.54) is 19.3 Å². The zero-order valence-corrected chi connectivity index (χ0v) is 20.0. The average molecular weight is 457 g/mol. The lowest BCUT2D eigenvalue weighted by Gasteiger charge is -2.26. The number of hydrogen-bond acceptors (Lipinski definition) is 3. The first-order chi connectivity index (χ1) is 16.7. The number of nitrogens with two attached hydrogens (primary N) is 1. The van der Waals surface area contributed by atoms with E-state index in [2.05, 4.69) is 18.1 Å². The zero-order chi connectivity index (χ0) is 24.2. The summed E-state index contributed by atoms with van der Waals surface area (Å²) in [5, 5.41) is 1.99. The number of amides is 1. The van der Waals surface area contributed by atoms with E-state index in [1.54, 1.807) is 0 Å². The van der Waals surface area contributed by atoms with Crippen LogP contribution in [0.3, 0.4) is 0 Å². The van der Waals surface area contributed by atoms with Crippen molar-refractivity contribution in [3.05, 3.63) is 97.1 Å². The van der Waals surface area contributed by atoms with Gasteiger partial charge in [0.2, 0.25) is 0 Å². The number of likely N-dealkylation sites (tertiary alicyclic amines) is 1. The van der Waals surface area contributed by atoms with Crippen LogP contribution < -0.4 is 10.5 Å². The normalized spacial score (nSPS) is 15.2. The zero-order valence-electron chi connectivity index (χ0n) is 20.0. The SMILES string of the molecule is C=CCC=CC=CC=C(CC=C)c1c(C(N)=O)c(OCCN2CCCCC2)cc2ccccc12. The molecule has 4 heteroatoms. The van der Waals surface area contributed by atoms with Gasteiger partial charge in [0.25, 0.3) is 5.91 Å². The van der Waals surface area contributed by atoms with Crippen LogP contribution in [0, 0.1) is 0 Å². The summed E-state index contributed by atoms with van der Waals surface area (Å²) in [6, 6.07) is 9.98. The van der Waals surface area contributed by atoms with Crippen molar-refractivity contribution in [1.29, 1.82) is 0 Å². The van der Waals surface area contributed by atoms with E-state index < -0.39 is 5.91 Å². The van der Waals surface area contributed by atoms with E-state index in [9.17, 15) is 4.79 Å². The second-order valence-electron chi connectivity index (χ2n) is 8.48. The molecule has 2 N–H and O–H groups in total. The Morgan fingerprint density at radius 3 is 2.56 bits per heavy atom. The minimum Gasteiger partial charge on any atom is -0.491 e. The van der Waals surface area contributed by atoms with Crippen molar-refractivity contribution in [2.75, 3.05) is 26.2 Å². The number of piperidine rings is 1. The first-order valence-electron chi connectivity index (χ1n) is 12.1. The Kier molecular flexibility index (Phi) is 9.93. The minimum absolute atomic E-state index is 0.432. The topological polar surface area (TPSA) is 55.6 Å². The highest BCUT2D eigenvalue weighted by Crippen LogP contribution is 2.37. The quantitative estimate of drug-likeness (QED) is 0.295. The first-order valence-corrected chi connectivity index (χ1v) is 12.1. The fraction of sp³-hybridized carbons (Fsp3) is 0.300. The molecule has 4 nitrogen and oxygen atoms in total. The summed E-state index contributed by atoms with van der Waals surface area (Å²) in [6.45, 7) is 11.2. The van der Waals surface area contributed by atoms with Crippen LogP contribution in [0.4, 0.5) is 0 Å². The number of benzene rings is 2. The maximum absolute atomic E-state index is 12.7. The van der Waals surface area contributed by atoms with Gasteiger partial charge < -0.3 is 10.5 Å². The van der Waals surface area contributed by atoms with Crippen molar-refractivity contribution in [2.45, 2.75) is 32.1 Å². The number of primary amides is 1. The number of carbonyl (C=O) groups excluding carboxylic acids is 1. The van der Waals surface area contributed by atoms with Crippen molar-refractivity contribution in [1.82, 2.24) is 4.90 Å². The molecule has 3 rings (SSSR count). The third-order valence-corrected chi connectivity index (χ3v) is 6.02. The summed E-state index contributed by atoms with van der Waals surface area (Å²) < 4.78 is 6.21. The van der Waals surface area contributed by atoms with Gasteiger partial charge in [-0.3, -0.25) is 9.69 Å². The average Bonchev–Trinajstić information content (AvgIpc) is 2.85. The molecule has 0 unspecified atom stereocenters. The molecule has 1 saturated heterocycles. The number of hydrogen-bond donors (Lipinski definition) is 1. The highest BCUT2D eigenvalue weighted by molar-refractivity contribution is 6.09. The lowest BCUT2D eigenvalue weighted by atomic mass is 9.90. The standard InChI is InChI=1S/C30H36N2O2/c1-3-5-6-7-8-10-16-24(15-4-2)28-26-18-12-11-17-25(26)23-27(29(28)30(31)33)34-22-21-32-19-13-9-14-20-32/h3-4,6-8,10-12,16-18,23H,1-2,5,9,13-15,19-22H2,(H2,31,33). The van der Waals surface area contributed by atoms with E-state index in [-0.39, 0.29) is 0 Å². The Morgan fingerprint density at radius 2 is 1.82 bits per heavy atom. The van der Waals surface area contributed by atoms with Crippen molar-refractivity contribution in [3.63, 3.8) is 0 Å². The third kappa shape index (κ3) is 6.82. The van der Waals surface area contributed by atoms with Gasteiger partial charge in [-0.15, -0.1) is 13.2 Å². The van der Waals surface area contributed by atoms with Gasteiger partial charge in [0, 0.05) is 12.1 Å². The Labute approximate surface area is 203 Å². The lowest BCUT2D eigenvalue weighted by molar-refractivity contribution is 0.0995. The van der Waals surface area contributed by atoms with Crippen LogP contribution in [0.1, 0.15) is 48.0 Å².